The van der Waals surface area contributed by atoms with Crippen LogP contribution < -0.4 is 0 Å². The largest absolute Gasteiger partial charge is 0.254 e. The first-order valence-corrected chi connectivity index (χ1v) is 11.5. The van der Waals surface area contributed by atoms with Crippen molar-refractivity contribution in [2.75, 3.05) is 0 Å². The van der Waals surface area contributed by atoms with Crippen molar-refractivity contribution in [1.82, 2.24) is 9.97 Å². The quantitative estimate of drug-likeness (QED) is 0.256. The molecule has 7 aromatic rings. The van der Waals surface area contributed by atoms with Crippen LogP contribution >= 0.6 is 0 Å². The van der Waals surface area contributed by atoms with E-state index in [0.29, 0.717) is 0 Å². The van der Waals surface area contributed by atoms with Gasteiger partial charge in [0.05, 0.1) is 11.0 Å². The molecule has 0 amide bonds. The van der Waals surface area contributed by atoms with Crippen LogP contribution in [-0.2, 0) is 0 Å². The first-order valence-electron chi connectivity index (χ1n) is 11.5. The Kier molecular flexibility index (Phi) is 4.18. The van der Waals surface area contributed by atoms with Crippen molar-refractivity contribution in [1.29, 1.82) is 0 Å². The minimum Gasteiger partial charge on any atom is -0.254 e. The molecule has 2 heteroatoms. The molecular weight excluding hydrogens is 412 g/mol. The molecule has 0 N–H and O–H groups in total. The second-order valence-corrected chi connectivity index (χ2v) is 8.67. The zero-order valence-corrected chi connectivity index (χ0v) is 18.4. The predicted molar refractivity (Wildman–Crippen MR) is 143 cm³/mol. The van der Waals surface area contributed by atoms with Gasteiger partial charge in [-0.15, -0.1) is 0 Å². The third-order valence-electron chi connectivity index (χ3n) is 6.74. The second-order valence-electron chi connectivity index (χ2n) is 8.67. The fourth-order valence-electron chi connectivity index (χ4n) is 5.15. The van der Waals surface area contributed by atoms with Gasteiger partial charge in [0.15, 0.2) is 0 Å². The summed E-state index contributed by atoms with van der Waals surface area (Å²) < 4.78 is 0. The minimum absolute atomic E-state index is 0.942. The van der Waals surface area contributed by atoms with Crippen LogP contribution in [0.4, 0.5) is 0 Å². The van der Waals surface area contributed by atoms with E-state index in [2.05, 4.69) is 113 Å². The third kappa shape index (κ3) is 2.89. The molecule has 5 aromatic carbocycles. The van der Waals surface area contributed by atoms with Crippen LogP contribution in [0.25, 0.3) is 65.6 Å². The summed E-state index contributed by atoms with van der Waals surface area (Å²) in [5.41, 5.74) is 6.70. The highest BCUT2D eigenvalue weighted by Crippen LogP contribution is 2.37. The number of rotatable bonds is 2. The molecule has 0 atom stereocenters. The van der Waals surface area contributed by atoms with E-state index in [1.54, 1.807) is 0 Å². The van der Waals surface area contributed by atoms with E-state index in [9.17, 15) is 0 Å². The highest BCUT2D eigenvalue weighted by molar-refractivity contribution is 6.14. The lowest BCUT2D eigenvalue weighted by Gasteiger charge is -2.13. The molecule has 0 saturated heterocycles. The Morgan fingerprint density at radius 1 is 0.382 bits per heavy atom. The molecule has 0 spiro atoms. The number of pyridine rings is 2. The third-order valence-corrected chi connectivity index (χ3v) is 6.74. The van der Waals surface area contributed by atoms with E-state index >= 15 is 0 Å². The zero-order chi connectivity index (χ0) is 22.5. The molecular formula is C32H20N2. The summed E-state index contributed by atoms with van der Waals surface area (Å²) in [7, 11) is 0. The van der Waals surface area contributed by atoms with Gasteiger partial charge < -0.3 is 0 Å². The lowest BCUT2D eigenvalue weighted by Crippen LogP contribution is -1.89. The fraction of sp³-hybridized carbons (Fsp3) is 0. The maximum absolute atomic E-state index is 4.69. The van der Waals surface area contributed by atoms with Crippen LogP contribution in [0.3, 0.4) is 0 Å². The monoisotopic (exact) mass is 432 g/mol. The average Bonchev–Trinajstić information content (AvgIpc) is 2.92. The average molecular weight is 433 g/mol. The summed E-state index contributed by atoms with van der Waals surface area (Å²) in [6.45, 7) is 0. The number of nitrogens with zero attached hydrogens (tertiary/aromatic N) is 2. The van der Waals surface area contributed by atoms with Crippen LogP contribution in [0.2, 0.25) is 0 Å². The van der Waals surface area contributed by atoms with Gasteiger partial charge >= 0.3 is 0 Å². The SMILES string of the molecule is c1cc(-c2cc3ccccc3c3ccccc23)cc(-c2ccnc3c2ccc2cccnc23)c1. The van der Waals surface area contributed by atoms with Crippen LogP contribution in [0, 0.1) is 0 Å². The summed E-state index contributed by atoms with van der Waals surface area (Å²) in [4.78, 5) is 9.30. The van der Waals surface area contributed by atoms with Gasteiger partial charge in [0.25, 0.3) is 0 Å². The van der Waals surface area contributed by atoms with E-state index < -0.39 is 0 Å². The first-order chi connectivity index (χ1) is 16.9. The van der Waals surface area contributed by atoms with E-state index in [1.807, 2.05) is 18.5 Å². The zero-order valence-electron chi connectivity index (χ0n) is 18.4. The van der Waals surface area contributed by atoms with Gasteiger partial charge in [-0.3, -0.25) is 9.97 Å². The van der Waals surface area contributed by atoms with Gasteiger partial charge in [0.1, 0.15) is 0 Å². The minimum atomic E-state index is 0.942. The summed E-state index contributed by atoms with van der Waals surface area (Å²) >= 11 is 0. The molecule has 0 aliphatic carbocycles. The van der Waals surface area contributed by atoms with Crippen molar-refractivity contribution in [3.8, 4) is 22.3 Å². The molecule has 2 nitrogen and oxygen atoms in total. The van der Waals surface area contributed by atoms with Crippen LogP contribution in [0.5, 0.6) is 0 Å². The Morgan fingerprint density at radius 3 is 2.03 bits per heavy atom. The summed E-state index contributed by atoms with van der Waals surface area (Å²) in [6, 6.07) is 38.9. The molecule has 0 saturated carbocycles. The van der Waals surface area contributed by atoms with E-state index in [-0.39, 0.29) is 0 Å². The molecule has 0 unspecified atom stereocenters. The van der Waals surface area contributed by atoms with Crippen LogP contribution in [0.15, 0.2) is 122 Å². The smallest absolute Gasteiger partial charge is 0.0970 e. The normalized spacial score (nSPS) is 11.5. The van der Waals surface area contributed by atoms with Crippen molar-refractivity contribution in [2.45, 2.75) is 0 Å². The fourth-order valence-corrected chi connectivity index (χ4v) is 5.15. The number of fused-ring (bicyclic) bond motifs is 6. The van der Waals surface area contributed by atoms with Gasteiger partial charge in [0, 0.05) is 23.2 Å². The van der Waals surface area contributed by atoms with Gasteiger partial charge in [-0.1, -0.05) is 84.9 Å². The Hall–Kier alpha value is -4.56. The summed E-state index contributed by atoms with van der Waals surface area (Å²) in [5.74, 6) is 0. The van der Waals surface area contributed by atoms with Crippen molar-refractivity contribution in [2.24, 2.45) is 0 Å². The van der Waals surface area contributed by atoms with Crippen LogP contribution in [-0.4, -0.2) is 9.97 Å². The van der Waals surface area contributed by atoms with E-state index in [0.717, 1.165) is 21.8 Å². The molecule has 0 bridgehead atoms. The molecule has 0 aliphatic rings. The van der Waals surface area contributed by atoms with E-state index in [1.165, 1.54) is 43.8 Å². The van der Waals surface area contributed by atoms with Crippen molar-refractivity contribution in [3.63, 3.8) is 0 Å². The first kappa shape index (κ1) is 19.0. The molecule has 7 rings (SSSR count). The van der Waals surface area contributed by atoms with Crippen LogP contribution in [0.1, 0.15) is 0 Å². The molecule has 0 fully saturated rings. The van der Waals surface area contributed by atoms with Crippen molar-refractivity contribution < 1.29 is 0 Å². The van der Waals surface area contributed by atoms with Gasteiger partial charge in [0.2, 0.25) is 0 Å². The highest BCUT2D eigenvalue weighted by atomic mass is 14.7. The molecule has 158 valence electrons. The lowest BCUT2D eigenvalue weighted by atomic mass is 9.91. The number of hydrogen-bond acceptors (Lipinski definition) is 2. The molecule has 34 heavy (non-hydrogen) atoms. The lowest BCUT2D eigenvalue weighted by molar-refractivity contribution is 1.37. The standard InChI is InChI=1S/C32H20N2/c1-2-11-25-24(7-1)20-30(28-13-4-3-12-27(25)28)23-9-5-8-22(19-23)26-16-18-34-32-29(26)15-14-21-10-6-17-33-31(21)32/h1-20H. The molecule has 2 aromatic heterocycles. The number of hydrogen-bond donors (Lipinski definition) is 0. The van der Waals surface area contributed by atoms with E-state index in [4.69, 9.17) is 0 Å². The molecule has 0 aliphatic heterocycles. The Morgan fingerprint density at radius 2 is 1.12 bits per heavy atom. The molecule has 0 radical (unpaired) electrons. The Labute approximate surface area is 197 Å². The van der Waals surface area contributed by atoms with Crippen molar-refractivity contribution in [3.05, 3.63) is 122 Å². The Bertz CT molecular complexity index is 1870. The number of aromatic nitrogens is 2. The van der Waals surface area contributed by atoms with Gasteiger partial charge in [-0.2, -0.15) is 0 Å². The molecule has 2 heterocycles. The topological polar surface area (TPSA) is 25.8 Å². The maximum Gasteiger partial charge on any atom is 0.0970 e. The summed E-state index contributed by atoms with van der Waals surface area (Å²) in [6.07, 6.45) is 3.73. The highest BCUT2D eigenvalue weighted by Gasteiger charge is 2.12. The van der Waals surface area contributed by atoms with Gasteiger partial charge in [-0.25, -0.2) is 0 Å². The number of benzene rings is 5. The predicted octanol–water partition coefficient (Wildman–Crippen LogP) is 8.42. The van der Waals surface area contributed by atoms with Crippen molar-refractivity contribution >= 4 is 43.4 Å². The second kappa shape index (κ2) is 7.50. The Balaban J connectivity index is 1.47. The maximum atomic E-state index is 4.69. The van der Waals surface area contributed by atoms with Gasteiger partial charge in [-0.05, 0) is 68.1 Å². The summed E-state index contributed by atoms with van der Waals surface area (Å²) in [5, 5.41) is 7.33.